The van der Waals surface area contributed by atoms with E-state index in [-0.39, 0.29) is 5.82 Å². The van der Waals surface area contributed by atoms with Crippen molar-refractivity contribution in [3.8, 4) is 5.75 Å². The van der Waals surface area contributed by atoms with Gasteiger partial charge in [0.25, 0.3) is 0 Å². The number of nitrogens with zero attached hydrogens (tertiary/aromatic N) is 2. The van der Waals surface area contributed by atoms with Crippen LogP contribution in [0.1, 0.15) is 49.4 Å². The number of aromatic nitrogens is 2. The summed E-state index contributed by atoms with van der Waals surface area (Å²) in [6.07, 6.45) is 8.32. The highest BCUT2D eigenvalue weighted by Gasteiger charge is 2.16. The molecule has 0 radical (unpaired) electrons. The maximum Gasteiger partial charge on any atom is 0.167 e. The fourth-order valence-corrected chi connectivity index (χ4v) is 2.89. The van der Waals surface area contributed by atoms with Crippen molar-refractivity contribution in [1.82, 2.24) is 9.78 Å². The lowest BCUT2D eigenvalue weighted by atomic mass is 9.96. The average Bonchev–Trinajstić information content (AvgIpc) is 2.99. The van der Waals surface area contributed by atoms with Crippen molar-refractivity contribution in [3.05, 3.63) is 47.5 Å². The Morgan fingerprint density at radius 3 is 2.86 bits per heavy atom. The van der Waals surface area contributed by atoms with E-state index in [1.165, 1.54) is 32.1 Å². The van der Waals surface area contributed by atoms with Crippen LogP contribution in [-0.2, 0) is 6.61 Å². The van der Waals surface area contributed by atoms with Gasteiger partial charge < -0.3 is 4.74 Å². The predicted octanol–water partition coefficient (Wildman–Crippen LogP) is 4.41. The Bertz CT molecular complexity index is 603. The maximum absolute atomic E-state index is 13.8. The van der Waals surface area contributed by atoms with Gasteiger partial charge in [0, 0.05) is 6.20 Å². The molecule has 0 unspecified atom stereocenters. The van der Waals surface area contributed by atoms with Gasteiger partial charge in [0.05, 0.1) is 11.7 Å². The van der Waals surface area contributed by atoms with Gasteiger partial charge in [-0.3, -0.25) is 4.68 Å². The maximum atomic E-state index is 13.8. The van der Waals surface area contributed by atoms with E-state index in [1.54, 1.807) is 25.1 Å². The number of ether oxygens (including phenoxy) is 1. The van der Waals surface area contributed by atoms with Crippen LogP contribution in [0.25, 0.3) is 0 Å². The summed E-state index contributed by atoms with van der Waals surface area (Å²) in [5.74, 6) is 0.00595. The first kappa shape index (κ1) is 14.1. The second kappa shape index (κ2) is 6.29. The average molecular weight is 288 g/mol. The minimum atomic E-state index is -0.288. The molecule has 1 saturated carbocycles. The zero-order valence-electron chi connectivity index (χ0n) is 12.4. The quantitative estimate of drug-likeness (QED) is 0.833. The highest BCUT2D eigenvalue weighted by atomic mass is 19.1. The highest BCUT2D eigenvalue weighted by molar-refractivity contribution is 5.30. The van der Waals surface area contributed by atoms with Crippen molar-refractivity contribution in [2.75, 3.05) is 0 Å². The van der Waals surface area contributed by atoms with Gasteiger partial charge in [-0.05, 0) is 37.5 Å². The van der Waals surface area contributed by atoms with Crippen LogP contribution in [0.5, 0.6) is 5.75 Å². The molecule has 0 aliphatic heterocycles. The molecule has 1 aliphatic carbocycles. The summed E-state index contributed by atoms with van der Waals surface area (Å²) < 4.78 is 21.4. The molecule has 1 fully saturated rings. The summed E-state index contributed by atoms with van der Waals surface area (Å²) in [6, 6.07) is 7.67. The predicted molar refractivity (Wildman–Crippen MR) is 79.8 cm³/mol. The second-order valence-electron chi connectivity index (χ2n) is 5.75. The normalized spacial score (nSPS) is 16.1. The minimum Gasteiger partial charge on any atom is -0.484 e. The van der Waals surface area contributed by atoms with Crippen molar-refractivity contribution in [3.63, 3.8) is 0 Å². The Labute approximate surface area is 124 Å². The molecule has 2 aromatic rings. The van der Waals surface area contributed by atoms with Gasteiger partial charge >= 0.3 is 0 Å². The van der Waals surface area contributed by atoms with Crippen molar-refractivity contribution in [2.24, 2.45) is 0 Å². The summed E-state index contributed by atoms with van der Waals surface area (Å²) >= 11 is 0. The van der Waals surface area contributed by atoms with Crippen molar-refractivity contribution < 1.29 is 9.13 Å². The van der Waals surface area contributed by atoms with Gasteiger partial charge in [-0.25, -0.2) is 4.39 Å². The fraction of sp³-hybridized carbons (Fsp3) is 0.471. The first-order valence-electron chi connectivity index (χ1n) is 7.66. The molecular formula is C17H21FN2O. The van der Waals surface area contributed by atoms with Crippen LogP contribution < -0.4 is 4.74 Å². The largest absolute Gasteiger partial charge is 0.484 e. The molecule has 0 saturated heterocycles. The fourth-order valence-electron chi connectivity index (χ4n) is 2.89. The second-order valence-corrected chi connectivity index (χ2v) is 5.75. The van der Waals surface area contributed by atoms with E-state index in [1.807, 2.05) is 16.9 Å². The summed E-state index contributed by atoms with van der Waals surface area (Å²) in [4.78, 5) is 0. The van der Waals surface area contributed by atoms with Crippen LogP contribution in [0.4, 0.5) is 4.39 Å². The van der Waals surface area contributed by atoms with Gasteiger partial charge in [0.2, 0.25) is 0 Å². The first-order chi connectivity index (χ1) is 10.2. The molecule has 1 aromatic carbocycles. The molecule has 1 heterocycles. The molecular weight excluding hydrogens is 267 g/mol. The number of hydrogen-bond acceptors (Lipinski definition) is 2. The van der Waals surface area contributed by atoms with E-state index in [9.17, 15) is 4.39 Å². The lowest BCUT2D eigenvalue weighted by molar-refractivity contribution is 0.278. The number of aryl methyl sites for hydroxylation is 1. The molecule has 4 heteroatoms. The zero-order valence-corrected chi connectivity index (χ0v) is 12.4. The van der Waals surface area contributed by atoms with Gasteiger partial charge in [-0.2, -0.15) is 5.10 Å². The van der Waals surface area contributed by atoms with Gasteiger partial charge in [0.1, 0.15) is 6.61 Å². The Balaban J connectivity index is 1.63. The minimum absolute atomic E-state index is 0.288. The lowest BCUT2D eigenvalue weighted by Gasteiger charge is -2.21. The molecule has 0 amide bonds. The Hall–Kier alpha value is -1.84. The number of benzene rings is 1. The molecule has 0 bridgehead atoms. The van der Waals surface area contributed by atoms with Crippen LogP contribution >= 0.6 is 0 Å². The zero-order chi connectivity index (χ0) is 14.7. The number of hydrogen-bond donors (Lipinski definition) is 0. The Kier molecular flexibility index (Phi) is 4.23. The third-order valence-electron chi connectivity index (χ3n) is 4.14. The summed E-state index contributed by atoms with van der Waals surface area (Å²) in [5.41, 5.74) is 1.45. The van der Waals surface area contributed by atoms with Gasteiger partial charge in [-0.1, -0.05) is 31.4 Å². The van der Waals surface area contributed by atoms with Crippen LogP contribution in [0.2, 0.25) is 0 Å². The summed E-state index contributed by atoms with van der Waals surface area (Å²) in [7, 11) is 0. The third-order valence-corrected chi connectivity index (χ3v) is 4.14. The molecule has 112 valence electrons. The van der Waals surface area contributed by atoms with E-state index in [2.05, 4.69) is 5.10 Å². The molecule has 0 atom stereocenters. The van der Waals surface area contributed by atoms with E-state index >= 15 is 0 Å². The van der Waals surface area contributed by atoms with Gasteiger partial charge in [-0.15, -0.1) is 0 Å². The number of halogens is 1. The third kappa shape index (κ3) is 3.26. The lowest BCUT2D eigenvalue weighted by Crippen LogP contribution is -2.13. The van der Waals surface area contributed by atoms with Gasteiger partial charge in [0.15, 0.2) is 11.6 Å². The van der Waals surface area contributed by atoms with E-state index in [0.29, 0.717) is 24.0 Å². The molecule has 3 nitrogen and oxygen atoms in total. The monoisotopic (exact) mass is 288 g/mol. The Morgan fingerprint density at radius 2 is 2.05 bits per heavy atom. The molecule has 3 rings (SSSR count). The van der Waals surface area contributed by atoms with E-state index in [4.69, 9.17) is 4.74 Å². The van der Waals surface area contributed by atoms with Crippen LogP contribution in [0, 0.1) is 12.7 Å². The summed E-state index contributed by atoms with van der Waals surface area (Å²) in [6.45, 7) is 2.04. The molecule has 0 spiro atoms. The van der Waals surface area contributed by atoms with E-state index < -0.39 is 0 Å². The SMILES string of the molecule is Cc1cccc(OCc2ccn(C3CCCCC3)n2)c1F. The standard InChI is InChI=1S/C17H21FN2O/c1-13-6-5-9-16(17(13)18)21-12-14-10-11-20(19-14)15-7-3-2-4-8-15/h5-6,9-11,15H,2-4,7-8,12H2,1H3. The highest BCUT2D eigenvalue weighted by Crippen LogP contribution is 2.27. The Morgan fingerprint density at radius 1 is 1.24 bits per heavy atom. The first-order valence-corrected chi connectivity index (χ1v) is 7.66. The molecule has 21 heavy (non-hydrogen) atoms. The van der Waals surface area contributed by atoms with E-state index in [0.717, 1.165) is 5.69 Å². The van der Waals surface area contributed by atoms with Crippen molar-refractivity contribution in [1.29, 1.82) is 0 Å². The smallest absolute Gasteiger partial charge is 0.167 e. The van der Waals surface area contributed by atoms with Crippen molar-refractivity contribution >= 4 is 0 Å². The molecule has 0 N–H and O–H groups in total. The molecule has 1 aliphatic rings. The van der Waals surface area contributed by atoms with Crippen molar-refractivity contribution in [2.45, 2.75) is 51.7 Å². The van der Waals surface area contributed by atoms with Crippen LogP contribution in [0.15, 0.2) is 30.5 Å². The number of rotatable bonds is 4. The topological polar surface area (TPSA) is 27.1 Å². The van der Waals surface area contributed by atoms with Crippen LogP contribution in [-0.4, -0.2) is 9.78 Å². The summed E-state index contributed by atoms with van der Waals surface area (Å²) in [5, 5.41) is 4.57. The van der Waals surface area contributed by atoms with Crippen LogP contribution in [0.3, 0.4) is 0 Å². The molecule has 1 aromatic heterocycles.